The minimum Gasteiger partial charge on any atom is -0.483 e. The van der Waals surface area contributed by atoms with Gasteiger partial charge in [-0.15, -0.1) is 0 Å². The zero-order valence-corrected chi connectivity index (χ0v) is 19.4. The number of hydrazine groups is 1. The van der Waals surface area contributed by atoms with Gasteiger partial charge in [0.2, 0.25) is 0 Å². The minimum absolute atomic E-state index is 0.0100. The van der Waals surface area contributed by atoms with E-state index in [2.05, 4.69) is 20.8 Å². The molecule has 0 saturated heterocycles. The van der Waals surface area contributed by atoms with Gasteiger partial charge in [-0.2, -0.15) is 0 Å². The largest absolute Gasteiger partial charge is 0.483 e. The lowest BCUT2D eigenvalue weighted by molar-refractivity contribution is -0.123. The number of nitrogens with zero attached hydrogens (tertiary/aromatic N) is 2. The van der Waals surface area contributed by atoms with Crippen LogP contribution in [0, 0.1) is 13.8 Å². The monoisotopic (exact) mass is 465 g/mol. The number of carbonyl (C=O) groups excluding carboxylic acids is 2. The van der Waals surface area contributed by atoms with Gasteiger partial charge in [0.05, 0.1) is 10.9 Å². The number of hydrogen-bond donors (Lipinski definition) is 3. The molecule has 0 bridgehead atoms. The quantitative estimate of drug-likeness (QED) is 0.456. The van der Waals surface area contributed by atoms with Crippen LogP contribution in [-0.4, -0.2) is 33.0 Å². The smallest absolute Gasteiger partial charge is 0.329 e. The number of benzene rings is 1. The number of carbonyl (C=O) groups is 2. The lowest BCUT2D eigenvalue weighted by Crippen LogP contribution is -2.44. The third kappa shape index (κ3) is 4.85. The molecule has 10 nitrogen and oxygen atoms in total. The van der Waals surface area contributed by atoms with Crippen molar-refractivity contribution in [3.05, 3.63) is 67.5 Å². The summed E-state index contributed by atoms with van der Waals surface area (Å²) in [4.78, 5) is 57.1. The summed E-state index contributed by atoms with van der Waals surface area (Å²) in [5, 5.41) is 0.0100. The molecule has 1 fully saturated rings. The van der Waals surface area contributed by atoms with E-state index < -0.39 is 23.1 Å². The zero-order chi connectivity index (χ0) is 24.4. The highest BCUT2D eigenvalue weighted by Gasteiger charge is 2.28. The molecule has 178 valence electrons. The molecule has 3 N–H and O–H groups in total. The second-order valence-electron chi connectivity index (χ2n) is 8.54. The van der Waals surface area contributed by atoms with E-state index in [1.165, 1.54) is 4.57 Å². The first-order chi connectivity index (χ1) is 16.3. The van der Waals surface area contributed by atoms with Crippen molar-refractivity contribution in [3.8, 4) is 5.75 Å². The van der Waals surface area contributed by atoms with E-state index in [1.54, 1.807) is 6.07 Å². The fourth-order valence-corrected chi connectivity index (χ4v) is 3.73. The summed E-state index contributed by atoms with van der Waals surface area (Å²) in [6, 6.07) is 7.22. The predicted octanol–water partition coefficient (Wildman–Crippen LogP) is 1.83. The fraction of sp³-hybridized carbons (Fsp3) is 0.375. The SMILES string of the molecule is CCCn1c(=O)[nH]c(=O)c2c(C(=O)NNC(=O)COc3cc(C)ccc3C)cc(C3CC3)nc21. The van der Waals surface area contributed by atoms with E-state index in [0.29, 0.717) is 24.4 Å². The van der Waals surface area contributed by atoms with Crippen molar-refractivity contribution in [2.24, 2.45) is 0 Å². The molecule has 0 atom stereocenters. The van der Waals surface area contributed by atoms with Gasteiger partial charge in [0, 0.05) is 18.2 Å². The number of nitrogens with one attached hydrogen (secondary N) is 3. The topological polar surface area (TPSA) is 135 Å². The number of fused-ring (bicyclic) bond motifs is 1. The van der Waals surface area contributed by atoms with E-state index in [0.717, 1.165) is 24.0 Å². The minimum atomic E-state index is -0.697. The molecular formula is C24H27N5O5. The van der Waals surface area contributed by atoms with Crippen LogP contribution in [0.4, 0.5) is 0 Å². The van der Waals surface area contributed by atoms with Crippen LogP contribution in [0.5, 0.6) is 5.75 Å². The average Bonchev–Trinajstić information content (AvgIpc) is 3.65. The maximum absolute atomic E-state index is 13.0. The number of amides is 2. The molecular weight excluding hydrogens is 438 g/mol. The third-order valence-corrected chi connectivity index (χ3v) is 5.67. The Morgan fingerprint density at radius 1 is 1.18 bits per heavy atom. The van der Waals surface area contributed by atoms with Gasteiger partial charge in [-0.25, -0.2) is 9.78 Å². The molecule has 0 radical (unpaired) electrons. The van der Waals surface area contributed by atoms with Crippen LogP contribution in [0.3, 0.4) is 0 Å². The van der Waals surface area contributed by atoms with E-state index >= 15 is 0 Å². The Morgan fingerprint density at radius 2 is 1.94 bits per heavy atom. The highest BCUT2D eigenvalue weighted by atomic mass is 16.5. The van der Waals surface area contributed by atoms with Gasteiger partial charge < -0.3 is 4.74 Å². The van der Waals surface area contributed by atoms with Gasteiger partial charge in [-0.05, 0) is 56.4 Å². The first kappa shape index (κ1) is 23.2. The highest BCUT2D eigenvalue weighted by molar-refractivity contribution is 6.05. The second kappa shape index (κ2) is 9.50. The fourth-order valence-electron chi connectivity index (χ4n) is 3.73. The summed E-state index contributed by atoms with van der Waals surface area (Å²) in [7, 11) is 0. The maximum Gasteiger partial charge on any atom is 0.329 e. The number of hydrogen-bond acceptors (Lipinski definition) is 6. The van der Waals surface area contributed by atoms with Gasteiger partial charge in [-0.3, -0.25) is 34.8 Å². The van der Waals surface area contributed by atoms with Crippen LogP contribution >= 0.6 is 0 Å². The molecule has 4 rings (SSSR count). The van der Waals surface area contributed by atoms with Gasteiger partial charge >= 0.3 is 5.69 Å². The predicted molar refractivity (Wildman–Crippen MR) is 126 cm³/mol. The average molecular weight is 466 g/mol. The van der Waals surface area contributed by atoms with Crippen molar-refractivity contribution in [3.63, 3.8) is 0 Å². The number of aromatic nitrogens is 3. The van der Waals surface area contributed by atoms with Gasteiger partial charge in [0.15, 0.2) is 12.3 Å². The van der Waals surface area contributed by atoms with Crippen LogP contribution in [0.2, 0.25) is 0 Å². The lowest BCUT2D eigenvalue weighted by atomic mass is 10.1. The molecule has 1 aromatic carbocycles. The first-order valence-corrected chi connectivity index (χ1v) is 11.3. The number of aromatic amines is 1. The number of aryl methyl sites for hydroxylation is 3. The number of pyridine rings is 1. The number of ether oxygens (including phenoxy) is 1. The molecule has 0 unspecified atom stereocenters. The Hall–Kier alpha value is -3.95. The Kier molecular flexibility index (Phi) is 6.49. The Bertz CT molecular complexity index is 1390. The summed E-state index contributed by atoms with van der Waals surface area (Å²) >= 11 is 0. The van der Waals surface area contributed by atoms with E-state index in [9.17, 15) is 19.2 Å². The third-order valence-electron chi connectivity index (χ3n) is 5.67. The molecule has 3 aromatic rings. The molecule has 1 aliphatic rings. The molecule has 2 amide bonds. The molecule has 2 heterocycles. The van der Waals surface area contributed by atoms with Crippen LogP contribution in [-0.2, 0) is 11.3 Å². The molecule has 10 heteroatoms. The Balaban J connectivity index is 1.56. The highest BCUT2D eigenvalue weighted by Crippen LogP contribution is 2.39. The molecule has 34 heavy (non-hydrogen) atoms. The van der Waals surface area contributed by atoms with Gasteiger partial charge in [0.25, 0.3) is 17.4 Å². The van der Waals surface area contributed by atoms with Gasteiger partial charge in [-0.1, -0.05) is 19.1 Å². The maximum atomic E-state index is 13.0. The Morgan fingerprint density at radius 3 is 2.65 bits per heavy atom. The summed E-state index contributed by atoms with van der Waals surface area (Å²) in [5.41, 5.74) is 6.16. The van der Waals surface area contributed by atoms with Crippen molar-refractivity contribution in [1.29, 1.82) is 0 Å². The van der Waals surface area contributed by atoms with Crippen molar-refractivity contribution in [1.82, 2.24) is 25.4 Å². The van der Waals surface area contributed by atoms with Crippen molar-refractivity contribution >= 4 is 22.8 Å². The molecule has 1 saturated carbocycles. The number of rotatable bonds is 7. The first-order valence-electron chi connectivity index (χ1n) is 11.3. The van der Waals surface area contributed by atoms with E-state index in [4.69, 9.17) is 4.74 Å². The molecule has 0 aliphatic heterocycles. The summed E-state index contributed by atoms with van der Waals surface area (Å²) in [6.45, 7) is 5.74. The second-order valence-corrected chi connectivity index (χ2v) is 8.54. The molecule has 2 aromatic heterocycles. The van der Waals surface area contributed by atoms with Crippen molar-refractivity contribution in [2.45, 2.75) is 52.5 Å². The lowest BCUT2D eigenvalue weighted by Gasteiger charge is -2.14. The summed E-state index contributed by atoms with van der Waals surface area (Å²) < 4.78 is 6.93. The van der Waals surface area contributed by atoms with Crippen LogP contribution in [0.1, 0.15) is 59.3 Å². The summed E-state index contributed by atoms with van der Waals surface area (Å²) in [5.74, 6) is -0.481. The number of H-pyrrole nitrogens is 1. The summed E-state index contributed by atoms with van der Waals surface area (Å²) in [6.07, 6.45) is 2.49. The van der Waals surface area contributed by atoms with E-state index in [1.807, 2.05) is 39.0 Å². The zero-order valence-electron chi connectivity index (χ0n) is 19.4. The molecule has 1 aliphatic carbocycles. The van der Waals surface area contributed by atoms with Crippen molar-refractivity contribution < 1.29 is 14.3 Å². The van der Waals surface area contributed by atoms with Crippen LogP contribution < -0.4 is 26.8 Å². The standard InChI is InChI=1S/C24H27N5O5/c1-4-9-29-21-20(23(32)26-24(29)33)16(11-17(25-21)15-7-8-15)22(31)28-27-19(30)12-34-18-10-13(2)5-6-14(18)3/h5-6,10-11,15H,4,7-9,12H2,1-3H3,(H,27,30)(H,28,31)(H,26,32,33). The van der Waals surface area contributed by atoms with Crippen molar-refractivity contribution in [2.75, 3.05) is 6.61 Å². The van der Waals surface area contributed by atoms with Crippen LogP contribution in [0.15, 0.2) is 33.9 Å². The normalized spacial score (nSPS) is 13.0. The molecule has 0 spiro atoms. The Labute approximate surface area is 195 Å². The van der Waals surface area contributed by atoms with E-state index in [-0.39, 0.29) is 29.1 Å². The van der Waals surface area contributed by atoms with Gasteiger partial charge in [0.1, 0.15) is 5.75 Å². The van der Waals surface area contributed by atoms with Crippen LogP contribution in [0.25, 0.3) is 11.0 Å².